The van der Waals surface area contributed by atoms with Crippen molar-refractivity contribution in [2.24, 2.45) is 7.05 Å². The number of rotatable bonds is 5. The quantitative estimate of drug-likeness (QED) is 0.675. The fourth-order valence-electron chi connectivity index (χ4n) is 3.35. The van der Waals surface area contributed by atoms with Crippen LogP contribution in [-0.2, 0) is 11.8 Å². The third-order valence-electron chi connectivity index (χ3n) is 4.95. The molecule has 0 radical (unpaired) electrons. The van der Waals surface area contributed by atoms with E-state index in [-0.39, 0.29) is 17.6 Å². The zero-order valence-corrected chi connectivity index (χ0v) is 16.4. The highest BCUT2D eigenvalue weighted by Crippen LogP contribution is 2.25. The molecule has 0 atom stereocenters. The molecule has 0 spiro atoms. The van der Waals surface area contributed by atoms with Gasteiger partial charge in [-0.05, 0) is 24.3 Å². The number of imidazole rings is 1. The molecule has 0 amide bonds. The Labute approximate surface area is 163 Å². The molecule has 3 aromatic rings. The number of fused-ring (bicyclic) bond motifs is 1. The van der Waals surface area contributed by atoms with Crippen molar-refractivity contribution in [1.82, 2.24) is 14.0 Å². The Kier molecular flexibility index (Phi) is 5.09. The summed E-state index contributed by atoms with van der Waals surface area (Å²) in [4.78, 5) is 17.0. The van der Waals surface area contributed by atoms with Crippen LogP contribution >= 0.6 is 0 Å². The van der Waals surface area contributed by atoms with E-state index in [4.69, 9.17) is 14.2 Å². The average Bonchev–Trinajstić information content (AvgIpc) is 3.12. The second-order valence-corrected chi connectivity index (χ2v) is 7.36. The summed E-state index contributed by atoms with van der Waals surface area (Å²) in [7, 11) is 1.70. The molecular formula is C21H25N3O4. The second-order valence-electron chi connectivity index (χ2n) is 7.36. The topological polar surface area (TPSA) is 67.0 Å². The first kappa shape index (κ1) is 18.6. The molecule has 1 aromatic carbocycles. The summed E-state index contributed by atoms with van der Waals surface area (Å²) in [6.07, 6.45) is 5.43. The third kappa shape index (κ3) is 3.62. The van der Waals surface area contributed by atoms with Gasteiger partial charge in [0.15, 0.2) is 0 Å². The predicted octanol–water partition coefficient (Wildman–Crippen LogP) is 3.51. The molecule has 1 aliphatic rings. The molecule has 28 heavy (non-hydrogen) atoms. The lowest BCUT2D eigenvalue weighted by atomic mass is 10.1. The Balaban J connectivity index is 1.56. The van der Waals surface area contributed by atoms with Crippen LogP contribution in [0.25, 0.3) is 5.52 Å². The van der Waals surface area contributed by atoms with Crippen LogP contribution in [0, 0.1) is 0 Å². The molecule has 7 heteroatoms. The van der Waals surface area contributed by atoms with Crippen molar-refractivity contribution in [1.29, 1.82) is 0 Å². The fourth-order valence-corrected chi connectivity index (χ4v) is 3.35. The van der Waals surface area contributed by atoms with E-state index in [1.165, 1.54) is 4.57 Å². The molecule has 0 bridgehead atoms. The van der Waals surface area contributed by atoms with Gasteiger partial charge in [0.1, 0.15) is 28.9 Å². The Morgan fingerprint density at radius 1 is 1.14 bits per heavy atom. The van der Waals surface area contributed by atoms with Gasteiger partial charge in [-0.2, -0.15) is 0 Å². The second kappa shape index (κ2) is 7.67. The van der Waals surface area contributed by atoms with Crippen molar-refractivity contribution in [3.05, 3.63) is 52.8 Å². The summed E-state index contributed by atoms with van der Waals surface area (Å²) >= 11 is 0. The smallest absolute Gasteiger partial charge is 0.279 e. The van der Waals surface area contributed by atoms with Crippen molar-refractivity contribution in [3.63, 3.8) is 0 Å². The predicted molar refractivity (Wildman–Crippen MR) is 106 cm³/mol. The van der Waals surface area contributed by atoms with Gasteiger partial charge in [0.2, 0.25) is 5.88 Å². The lowest BCUT2D eigenvalue weighted by Crippen LogP contribution is -2.25. The van der Waals surface area contributed by atoms with Gasteiger partial charge >= 0.3 is 0 Å². The maximum absolute atomic E-state index is 12.6. The fraction of sp³-hybridized carbons (Fsp3) is 0.429. The zero-order valence-electron chi connectivity index (χ0n) is 16.4. The minimum absolute atomic E-state index is 0.142. The first-order chi connectivity index (χ1) is 13.5. The largest absolute Gasteiger partial charge is 0.490 e. The van der Waals surface area contributed by atoms with Crippen LogP contribution in [0.5, 0.6) is 17.4 Å². The first-order valence-corrected chi connectivity index (χ1v) is 9.62. The van der Waals surface area contributed by atoms with Crippen LogP contribution in [0.2, 0.25) is 0 Å². The van der Waals surface area contributed by atoms with Crippen molar-refractivity contribution >= 4 is 5.52 Å². The van der Waals surface area contributed by atoms with Gasteiger partial charge < -0.3 is 14.2 Å². The highest BCUT2D eigenvalue weighted by atomic mass is 16.5. The Morgan fingerprint density at radius 2 is 1.82 bits per heavy atom. The summed E-state index contributed by atoms with van der Waals surface area (Å²) in [6.45, 7) is 5.58. The maximum Gasteiger partial charge on any atom is 0.279 e. The Hall–Kier alpha value is -2.80. The number of ether oxygens (including phenoxy) is 3. The molecule has 0 N–H and O–H groups in total. The van der Waals surface area contributed by atoms with E-state index in [0.717, 1.165) is 37.6 Å². The monoisotopic (exact) mass is 383 g/mol. The summed E-state index contributed by atoms with van der Waals surface area (Å²) in [5.74, 6) is 2.93. The van der Waals surface area contributed by atoms with Crippen molar-refractivity contribution in [2.75, 3.05) is 13.2 Å². The SMILES string of the molecule is CC(C)c1ncc2c(=O)n(C)c(Oc3ccc(OC4CCOCC4)cc3)cn12. The van der Waals surface area contributed by atoms with Crippen LogP contribution in [-0.4, -0.2) is 33.3 Å². The molecule has 1 aliphatic heterocycles. The van der Waals surface area contributed by atoms with Gasteiger partial charge in [-0.1, -0.05) is 13.8 Å². The molecule has 0 saturated carbocycles. The van der Waals surface area contributed by atoms with Gasteiger partial charge in [-0.15, -0.1) is 0 Å². The summed E-state index contributed by atoms with van der Waals surface area (Å²) in [5.41, 5.74) is 0.398. The van der Waals surface area contributed by atoms with Crippen LogP contribution in [0.1, 0.15) is 38.4 Å². The summed E-state index contributed by atoms with van der Waals surface area (Å²) in [6, 6.07) is 7.47. The van der Waals surface area contributed by atoms with E-state index in [0.29, 0.717) is 17.1 Å². The molecule has 0 unspecified atom stereocenters. The van der Waals surface area contributed by atoms with Crippen LogP contribution in [0.3, 0.4) is 0 Å². The van der Waals surface area contributed by atoms with E-state index in [1.54, 1.807) is 13.2 Å². The van der Waals surface area contributed by atoms with Crippen LogP contribution < -0.4 is 15.0 Å². The third-order valence-corrected chi connectivity index (χ3v) is 4.95. The minimum Gasteiger partial charge on any atom is -0.490 e. The zero-order chi connectivity index (χ0) is 19.7. The Bertz CT molecular complexity index is 1010. The molecular weight excluding hydrogens is 358 g/mol. The molecule has 1 saturated heterocycles. The van der Waals surface area contributed by atoms with Gasteiger partial charge in [-0.3, -0.25) is 13.8 Å². The molecule has 2 aromatic heterocycles. The van der Waals surface area contributed by atoms with Crippen LogP contribution in [0.15, 0.2) is 41.5 Å². The van der Waals surface area contributed by atoms with Gasteiger partial charge in [0, 0.05) is 25.8 Å². The van der Waals surface area contributed by atoms with E-state index < -0.39 is 0 Å². The molecule has 148 valence electrons. The number of hydrogen-bond donors (Lipinski definition) is 0. The van der Waals surface area contributed by atoms with Crippen molar-refractivity contribution < 1.29 is 14.2 Å². The summed E-state index contributed by atoms with van der Waals surface area (Å²) < 4.78 is 20.6. The lowest BCUT2D eigenvalue weighted by Gasteiger charge is -2.23. The van der Waals surface area contributed by atoms with E-state index in [1.807, 2.05) is 48.7 Å². The maximum atomic E-state index is 12.6. The van der Waals surface area contributed by atoms with E-state index in [9.17, 15) is 4.79 Å². The molecule has 1 fully saturated rings. The molecule has 3 heterocycles. The standard InChI is InChI=1S/C21H25N3O4/c1-14(2)20-22-12-18-21(25)23(3)19(13-24(18)20)28-16-6-4-15(5-7-16)27-17-8-10-26-11-9-17/h4-7,12-14,17H,8-11H2,1-3H3. The van der Waals surface area contributed by atoms with Gasteiger partial charge in [0.05, 0.1) is 25.6 Å². The van der Waals surface area contributed by atoms with Crippen molar-refractivity contribution in [2.45, 2.75) is 38.7 Å². The normalized spacial score (nSPS) is 15.3. The highest BCUT2D eigenvalue weighted by Gasteiger charge is 2.16. The summed E-state index contributed by atoms with van der Waals surface area (Å²) in [5, 5.41) is 0. The number of benzene rings is 1. The molecule has 7 nitrogen and oxygen atoms in total. The lowest BCUT2D eigenvalue weighted by molar-refractivity contribution is 0.0255. The van der Waals surface area contributed by atoms with Crippen LogP contribution in [0.4, 0.5) is 0 Å². The number of hydrogen-bond acceptors (Lipinski definition) is 5. The molecule has 0 aliphatic carbocycles. The minimum atomic E-state index is -0.142. The Morgan fingerprint density at radius 3 is 2.50 bits per heavy atom. The number of aromatic nitrogens is 3. The molecule has 4 rings (SSSR count). The van der Waals surface area contributed by atoms with Gasteiger partial charge in [-0.25, -0.2) is 4.98 Å². The number of nitrogens with zero attached hydrogens (tertiary/aromatic N) is 3. The van der Waals surface area contributed by atoms with E-state index >= 15 is 0 Å². The van der Waals surface area contributed by atoms with Crippen molar-refractivity contribution in [3.8, 4) is 17.4 Å². The average molecular weight is 383 g/mol. The highest BCUT2D eigenvalue weighted by molar-refractivity contribution is 5.46. The first-order valence-electron chi connectivity index (χ1n) is 9.62. The van der Waals surface area contributed by atoms with Gasteiger partial charge in [0.25, 0.3) is 5.56 Å². The van der Waals surface area contributed by atoms with E-state index in [2.05, 4.69) is 4.98 Å².